The van der Waals surface area contributed by atoms with Crippen molar-refractivity contribution >= 4 is 17.2 Å². The Balaban J connectivity index is 2.26. The van der Waals surface area contributed by atoms with Crippen LogP contribution in [0, 0.1) is 0 Å². The summed E-state index contributed by atoms with van der Waals surface area (Å²) in [5, 5.41) is 0.0620. The van der Waals surface area contributed by atoms with E-state index in [0.29, 0.717) is 5.65 Å². The molecule has 3 nitrogen and oxygen atoms in total. The molecule has 0 saturated carbocycles. The van der Waals surface area contributed by atoms with E-state index < -0.39 is 11.7 Å². The summed E-state index contributed by atoms with van der Waals surface area (Å²) < 4.78 is 40.5. The van der Waals surface area contributed by atoms with E-state index in [0.717, 1.165) is 6.07 Å². The molecule has 7 heteroatoms. The van der Waals surface area contributed by atoms with Gasteiger partial charge >= 0.3 is 6.18 Å². The van der Waals surface area contributed by atoms with Crippen LogP contribution in [-0.4, -0.2) is 14.4 Å². The van der Waals surface area contributed by atoms with Crippen LogP contribution in [0.3, 0.4) is 0 Å². The third-order valence-corrected chi connectivity index (χ3v) is 3.12. The molecule has 2 heterocycles. The molecule has 0 unspecified atom stereocenters. The van der Waals surface area contributed by atoms with E-state index in [4.69, 9.17) is 11.6 Å². The first-order chi connectivity index (χ1) is 9.47. The van der Waals surface area contributed by atoms with E-state index in [9.17, 15) is 13.2 Å². The molecule has 0 saturated heterocycles. The van der Waals surface area contributed by atoms with Crippen molar-refractivity contribution in [1.29, 1.82) is 0 Å². The summed E-state index contributed by atoms with van der Waals surface area (Å²) in [6, 6.07) is 6.70. The molecule has 0 N–H and O–H groups in total. The second-order valence-electron chi connectivity index (χ2n) is 4.11. The van der Waals surface area contributed by atoms with Crippen molar-refractivity contribution in [3.63, 3.8) is 0 Å². The van der Waals surface area contributed by atoms with Gasteiger partial charge in [0.2, 0.25) is 5.28 Å². The zero-order valence-electron chi connectivity index (χ0n) is 9.89. The van der Waals surface area contributed by atoms with Crippen LogP contribution in [0.25, 0.3) is 16.9 Å². The average Bonchev–Trinajstić information content (AvgIpc) is 2.86. The number of hydrogen-bond donors (Lipinski definition) is 0. The minimum atomic E-state index is -4.45. The van der Waals surface area contributed by atoms with Gasteiger partial charge in [-0.15, -0.1) is 0 Å². The molecule has 0 amide bonds. The molecule has 3 rings (SSSR count). The van der Waals surface area contributed by atoms with Crippen molar-refractivity contribution in [3.05, 3.63) is 53.6 Å². The van der Waals surface area contributed by atoms with Crippen molar-refractivity contribution in [2.24, 2.45) is 0 Å². The van der Waals surface area contributed by atoms with Gasteiger partial charge in [-0.05, 0) is 17.7 Å². The fraction of sp³-hybridized carbons (Fsp3) is 0.0769. The van der Waals surface area contributed by atoms with Gasteiger partial charge in [-0.1, -0.05) is 18.2 Å². The Bertz CT molecular complexity index is 780. The number of rotatable bonds is 1. The van der Waals surface area contributed by atoms with Gasteiger partial charge in [0.1, 0.15) is 5.65 Å². The smallest absolute Gasteiger partial charge is 0.274 e. The summed E-state index contributed by atoms with van der Waals surface area (Å²) >= 11 is 5.95. The van der Waals surface area contributed by atoms with Gasteiger partial charge in [0.05, 0.1) is 11.3 Å². The van der Waals surface area contributed by atoms with Crippen LogP contribution >= 0.6 is 11.6 Å². The Morgan fingerprint density at radius 3 is 2.65 bits per heavy atom. The molecule has 1 aromatic carbocycles. The third kappa shape index (κ3) is 2.12. The van der Waals surface area contributed by atoms with Crippen molar-refractivity contribution < 1.29 is 13.2 Å². The molecule has 0 aliphatic carbocycles. The molecule has 0 aliphatic heterocycles. The number of halogens is 4. The summed E-state index contributed by atoms with van der Waals surface area (Å²) in [7, 11) is 0. The molecule has 20 heavy (non-hydrogen) atoms. The Morgan fingerprint density at radius 2 is 1.90 bits per heavy atom. The summed E-state index contributed by atoms with van der Waals surface area (Å²) in [5.41, 5.74) is -0.189. The molecule has 102 valence electrons. The van der Waals surface area contributed by atoms with Gasteiger partial charge in [-0.3, -0.25) is 4.40 Å². The van der Waals surface area contributed by atoms with Crippen molar-refractivity contribution in [1.82, 2.24) is 14.4 Å². The van der Waals surface area contributed by atoms with Crippen LogP contribution in [0.4, 0.5) is 13.2 Å². The lowest BCUT2D eigenvalue weighted by molar-refractivity contribution is -0.137. The van der Waals surface area contributed by atoms with Crippen molar-refractivity contribution in [2.45, 2.75) is 6.18 Å². The van der Waals surface area contributed by atoms with E-state index in [-0.39, 0.29) is 16.5 Å². The lowest BCUT2D eigenvalue weighted by Gasteiger charge is -2.12. The monoisotopic (exact) mass is 297 g/mol. The number of imidazole rings is 1. The van der Waals surface area contributed by atoms with Crippen LogP contribution in [-0.2, 0) is 6.18 Å². The van der Waals surface area contributed by atoms with Gasteiger partial charge in [-0.2, -0.15) is 13.2 Å². The Hall–Kier alpha value is -2.08. The van der Waals surface area contributed by atoms with Gasteiger partial charge in [0, 0.05) is 24.0 Å². The highest BCUT2D eigenvalue weighted by Gasteiger charge is 2.33. The molecule has 0 atom stereocenters. The van der Waals surface area contributed by atoms with Crippen molar-refractivity contribution in [2.75, 3.05) is 0 Å². The van der Waals surface area contributed by atoms with E-state index in [1.807, 2.05) is 0 Å². The SMILES string of the molecule is FC(F)(F)c1ccccc1-c1cc2nccn2c(Cl)n1. The number of nitrogens with zero attached hydrogens (tertiary/aromatic N) is 3. The molecule has 3 aromatic rings. The Labute approximate surface area is 116 Å². The van der Waals surface area contributed by atoms with Crippen LogP contribution in [0.15, 0.2) is 42.7 Å². The first kappa shape index (κ1) is 12.9. The average molecular weight is 298 g/mol. The predicted octanol–water partition coefficient (Wildman–Crippen LogP) is 4.07. The summed E-state index contributed by atoms with van der Waals surface area (Å²) in [5.74, 6) is 0. The highest BCUT2D eigenvalue weighted by Crippen LogP contribution is 2.36. The zero-order valence-corrected chi connectivity index (χ0v) is 10.7. The fourth-order valence-electron chi connectivity index (χ4n) is 1.98. The van der Waals surface area contributed by atoms with E-state index in [1.165, 1.54) is 34.9 Å². The summed E-state index contributed by atoms with van der Waals surface area (Å²) in [4.78, 5) is 8.02. The zero-order chi connectivity index (χ0) is 14.3. The highest BCUT2D eigenvalue weighted by molar-refractivity contribution is 6.28. The summed E-state index contributed by atoms with van der Waals surface area (Å²) in [6.45, 7) is 0. The first-order valence-electron chi connectivity index (χ1n) is 5.63. The maximum absolute atomic E-state index is 13.0. The first-order valence-corrected chi connectivity index (χ1v) is 6.01. The lowest BCUT2D eigenvalue weighted by atomic mass is 10.0. The van der Waals surface area contributed by atoms with E-state index >= 15 is 0 Å². The highest BCUT2D eigenvalue weighted by atomic mass is 35.5. The third-order valence-electron chi connectivity index (χ3n) is 2.86. The largest absolute Gasteiger partial charge is 0.417 e. The fourth-order valence-corrected chi connectivity index (χ4v) is 2.21. The second-order valence-corrected chi connectivity index (χ2v) is 4.45. The molecule has 0 spiro atoms. The Morgan fingerprint density at radius 1 is 1.15 bits per heavy atom. The molecule has 2 aromatic heterocycles. The van der Waals surface area contributed by atoms with E-state index in [2.05, 4.69) is 9.97 Å². The maximum Gasteiger partial charge on any atom is 0.417 e. The minimum Gasteiger partial charge on any atom is -0.274 e. The molecular weight excluding hydrogens is 291 g/mol. The summed E-state index contributed by atoms with van der Waals surface area (Å²) in [6.07, 6.45) is -1.36. The lowest BCUT2D eigenvalue weighted by Crippen LogP contribution is -2.07. The molecule has 0 aliphatic rings. The second kappa shape index (κ2) is 4.49. The number of hydrogen-bond acceptors (Lipinski definition) is 2. The van der Waals surface area contributed by atoms with Crippen molar-refractivity contribution in [3.8, 4) is 11.3 Å². The topological polar surface area (TPSA) is 30.2 Å². The van der Waals surface area contributed by atoms with Gasteiger partial charge in [0.25, 0.3) is 0 Å². The number of aromatic nitrogens is 3. The Kier molecular flexibility index (Phi) is 2.90. The standard InChI is InChI=1S/C13H7ClF3N3/c14-12-19-10(7-11-18-5-6-20(11)12)8-3-1-2-4-9(8)13(15,16)17/h1-7H. The predicted molar refractivity (Wildman–Crippen MR) is 68.4 cm³/mol. The number of fused-ring (bicyclic) bond motifs is 1. The minimum absolute atomic E-state index is 0.0209. The molecular formula is C13H7ClF3N3. The molecule has 0 fully saturated rings. The maximum atomic E-state index is 13.0. The number of benzene rings is 1. The van der Waals surface area contributed by atoms with Gasteiger partial charge in [0.15, 0.2) is 0 Å². The van der Waals surface area contributed by atoms with Crippen LogP contribution in [0.1, 0.15) is 5.56 Å². The van der Waals surface area contributed by atoms with Gasteiger partial charge < -0.3 is 0 Å². The quantitative estimate of drug-likeness (QED) is 0.634. The molecule has 0 bridgehead atoms. The van der Waals surface area contributed by atoms with Crippen LogP contribution < -0.4 is 0 Å². The normalized spacial score (nSPS) is 12.0. The number of alkyl halides is 3. The molecule has 0 radical (unpaired) electrons. The van der Waals surface area contributed by atoms with Gasteiger partial charge in [-0.25, -0.2) is 9.97 Å². The van der Waals surface area contributed by atoms with Crippen LogP contribution in [0.2, 0.25) is 5.28 Å². The van der Waals surface area contributed by atoms with Crippen LogP contribution in [0.5, 0.6) is 0 Å². The van der Waals surface area contributed by atoms with E-state index in [1.54, 1.807) is 6.20 Å².